The average molecular weight is 273 g/mol. The SMILES string of the molecule is Cc1ncc(S(=O)(=O)N2CCNCC2C(N)=O)[nH]1. The third-order valence-electron chi connectivity index (χ3n) is 2.79. The number of sulfonamides is 1. The van der Waals surface area contributed by atoms with Crippen molar-refractivity contribution in [2.45, 2.75) is 18.0 Å². The lowest BCUT2D eigenvalue weighted by Gasteiger charge is -2.32. The monoisotopic (exact) mass is 273 g/mol. The molecule has 0 radical (unpaired) electrons. The van der Waals surface area contributed by atoms with E-state index in [0.717, 1.165) is 4.31 Å². The molecule has 0 aromatic carbocycles. The van der Waals surface area contributed by atoms with Gasteiger partial charge in [-0.3, -0.25) is 4.79 Å². The summed E-state index contributed by atoms with van der Waals surface area (Å²) in [6.07, 6.45) is 1.24. The Kier molecular flexibility index (Phi) is 3.37. The summed E-state index contributed by atoms with van der Waals surface area (Å²) in [7, 11) is -3.76. The minimum Gasteiger partial charge on any atom is -0.368 e. The standard InChI is InChI=1S/C9H15N5O3S/c1-6-12-5-8(13-6)18(16,17)14-3-2-11-4-7(14)9(10)15/h5,7,11H,2-4H2,1H3,(H2,10,15)(H,12,13). The fourth-order valence-corrected chi connectivity index (χ4v) is 3.43. The highest BCUT2D eigenvalue weighted by Gasteiger charge is 2.37. The summed E-state index contributed by atoms with van der Waals surface area (Å²) < 4.78 is 25.8. The normalized spacial score (nSPS) is 21.9. The molecule has 2 rings (SSSR count). The second-order valence-electron chi connectivity index (χ2n) is 4.07. The van der Waals surface area contributed by atoms with Crippen molar-refractivity contribution >= 4 is 15.9 Å². The Hall–Kier alpha value is -1.45. The van der Waals surface area contributed by atoms with Crippen LogP contribution in [0.3, 0.4) is 0 Å². The van der Waals surface area contributed by atoms with Crippen molar-refractivity contribution in [3.8, 4) is 0 Å². The van der Waals surface area contributed by atoms with E-state index in [2.05, 4.69) is 15.3 Å². The molecule has 1 fully saturated rings. The molecule has 1 aliphatic rings. The number of carbonyl (C=O) groups excluding carboxylic acids is 1. The quantitative estimate of drug-likeness (QED) is 0.598. The van der Waals surface area contributed by atoms with Gasteiger partial charge in [-0.25, -0.2) is 13.4 Å². The first-order chi connectivity index (χ1) is 8.43. The third-order valence-corrected chi connectivity index (χ3v) is 4.61. The number of imidazole rings is 1. The molecule has 1 unspecified atom stereocenters. The number of piperazine rings is 1. The lowest BCUT2D eigenvalue weighted by molar-refractivity contribution is -0.122. The summed E-state index contributed by atoms with van der Waals surface area (Å²) in [5.74, 6) is -0.165. The molecule has 1 aliphatic heterocycles. The van der Waals surface area contributed by atoms with Crippen LogP contribution in [-0.4, -0.2) is 54.3 Å². The van der Waals surface area contributed by atoms with Gasteiger partial charge in [-0.2, -0.15) is 4.31 Å². The van der Waals surface area contributed by atoms with Crippen LogP contribution in [0, 0.1) is 6.92 Å². The molecule has 1 aromatic rings. The van der Waals surface area contributed by atoms with E-state index < -0.39 is 22.0 Å². The molecule has 0 bridgehead atoms. The van der Waals surface area contributed by atoms with Crippen molar-refractivity contribution in [1.29, 1.82) is 0 Å². The predicted octanol–water partition coefficient (Wildman–Crippen LogP) is -1.83. The summed E-state index contributed by atoms with van der Waals surface area (Å²) in [5.41, 5.74) is 5.23. The zero-order chi connectivity index (χ0) is 13.3. The van der Waals surface area contributed by atoms with Crippen LogP contribution in [0.2, 0.25) is 0 Å². The van der Waals surface area contributed by atoms with Crippen molar-refractivity contribution in [3.63, 3.8) is 0 Å². The van der Waals surface area contributed by atoms with Gasteiger partial charge in [-0.1, -0.05) is 0 Å². The number of amides is 1. The number of aromatic amines is 1. The molecule has 9 heteroatoms. The topological polar surface area (TPSA) is 121 Å². The van der Waals surface area contributed by atoms with Crippen LogP contribution in [0.4, 0.5) is 0 Å². The molecule has 0 saturated carbocycles. The molecule has 1 aromatic heterocycles. The number of rotatable bonds is 3. The number of aromatic nitrogens is 2. The van der Waals surface area contributed by atoms with Gasteiger partial charge in [-0.15, -0.1) is 0 Å². The number of aryl methyl sites for hydroxylation is 1. The van der Waals surface area contributed by atoms with E-state index in [4.69, 9.17) is 5.73 Å². The Balaban J connectivity index is 2.36. The molecule has 18 heavy (non-hydrogen) atoms. The zero-order valence-corrected chi connectivity index (χ0v) is 10.7. The minimum absolute atomic E-state index is 0.0202. The first-order valence-electron chi connectivity index (χ1n) is 5.46. The largest absolute Gasteiger partial charge is 0.368 e. The molecule has 0 aliphatic carbocycles. The van der Waals surface area contributed by atoms with Crippen LogP contribution >= 0.6 is 0 Å². The molecule has 1 atom stereocenters. The van der Waals surface area contributed by atoms with Crippen molar-refractivity contribution in [1.82, 2.24) is 19.6 Å². The zero-order valence-electron chi connectivity index (χ0n) is 9.88. The number of hydrogen-bond acceptors (Lipinski definition) is 5. The summed E-state index contributed by atoms with van der Waals surface area (Å²) in [4.78, 5) is 17.8. The van der Waals surface area contributed by atoms with Gasteiger partial charge in [0.2, 0.25) is 5.91 Å². The molecular formula is C9H15N5O3S. The first-order valence-corrected chi connectivity index (χ1v) is 6.90. The van der Waals surface area contributed by atoms with Gasteiger partial charge < -0.3 is 16.0 Å². The Bertz CT molecular complexity index is 552. The maximum Gasteiger partial charge on any atom is 0.260 e. The Morgan fingerprint density at radius 1 is 1.61 bits per heavy atom. The predicted molar refractivity (Wildman–Crippen MR) is 63.1 cm³/mol. The number of nitrogens with zero attached hydrogens (tertiary/aromatic N) is 2. The van der Waals surface area contributed by atoms with Crippen LogP contribution in [0.1, 0.15) is 5.82 Å². The van der Waals surface area contributed by atoms with Crippen LogP contribution in [0.25, 0.3) is 0 Å². The van der Waals surface area contributed by atoms with Gasteiger partial charge in [0, 0.05) is 19.6 Å². The number of hydrogen-bond donors (Lipinski definition) is 3. The number of H-pyrrole nitrogens is 1. The number of carbonyl (C=O) groups is 1. The lowest BCUT2D eigenvalue weighted by atomic mass is 10.2. The summed E-state index contributed by atoms with van der Waals surface area (Å²) in [6, 6.07) is -0.868. The minimum atomic E-state index is -3.76. The second-order valence-corrected chi connectivity index (χ2v) is 5.93. The maximum atomic E-state index is 12.3. The number of nitrogens with two attached hydrogens (primary N) is 1. The van der Waals surface area contributed by atoms with Crippen LogP contribution in [0.15, 0.2) is 11.2 Å². The van der Waals surface area contributed by atoms with E-state index in [1.54, 1.807) is 6.92 Å². The fourth-order valence-electron chi connectivity index (χ4n) is 1.87. The van der Waals surface area contributed by atoms with Gasteiger partial charge in [0.05, 0.1) is 6.20 Å². The highest BCUT2D eigenvalue weighted by Crippen LogP contribution is 2.17. The van der Waals surface area contributed by atoms with Crippen LogP contribution in [0.5, 0.6) is 0 Å². The number of primary amides is 1. The van der Waals surface area contributed by atoms with E-state index in [1.165, 1.54) is 6.20 Å². The molecule has 0 spiro atoms. The highest BCUT2D eigenvalue weighted by molar-refractivity contribution is 7.89. The van der Waals surface area contributed by atoms with Gasteiger partial charge in [0.1, 0.15) is 11.9 Å². The second kappa shape index (κ2) is 4.67. The van der Waals surface area contributed by atoms with Crippen LogP contribution in [-0.2, 0) is 14.8 Å². The maximum absolute atomic E-state index is 12.3. The smallest absolute Gasteiger partial charge is 0.260 e. The third kappa shape index (κ3) is 2.24. The molecular weight excluding hydrogens is 258 g/mol. The van der Waals surface area contributed by atoms with Gasteiger partial charge in [0.25, 0.3) is 10.0 Å². The molecule has 1 amide bonds. The van der Waals surface area contributed by atoms with Crippen molar-refractivity contribution in [3.05, 3.63) is 12.0 Å². The summed E-state index contributed by atoms with van der Waals surface area (Å²) in [5, 5.41) is 2.92. The van der Waals surface area contributed by atoms with Gasteiger partial charge >= 0.3 is 0 Å². The van der Waals surface area contributed by atoms with E-state index >= 15 is 0 Å². The van der Waals surface area contributed by atoms with Gasteiger partial charge in [0.15, 0.2) is 5.03 Å². The fraction of sp³-hybridized carbons (Fsp3) is 0.556. The van der Waals surface area contributed by atoms with E-state index in [9.17, 15) is 13.2 Å². The van der Waals surface area contributed by atoms with Crippen molar-refractivity contribution < 1.29 is 13.2 Å². The lowest BCUT2D eigenvalue weighted by Crippen LogP contribution is -2.58. The molecule has 100 valence electrons. The average Bonchev–Trinajstić information content (AvgIpc) is 2.76. The van der Waals surface area contributed by atoms with Crippen molar-refractivity contribution in [2.24, 2.45) is 5.73 Å². The summed E-state index contributed by atoms with van der Waals surface area (Å²) in [6.45, 7) is 2.56. The summed E-state index contributed by atoms with van der Waals surface area (Å²) >= 11 is 0. The molecule has 8 nitrogen and oxygen atoms in total. The van der Waals surface area contributed by atoms with E-state index in [1.807, 2.05) is 0 Å². The highest BCUT2D eigenvalue weighted by atomic mass is 32.2. The van der Waals surface area contributed by atoms with E-state index in [-0.39, 0.29) is 18.1 Å². The molecule has 2 heterocycles. The molecule has 4 N–H and O–H groups in total. The van der Waals surface area contributed by atoms with Crippen LogP contribution < -0.4 is 11.1 Å². The Morgan fingerprint density at radius 2 is 2.33 bits per heavy atom. The molecule has 1 saturated heterocycles. The number of nitrogens with one attached hydrogen (secondary N) is 2. The first kappa shape index (κ1) is 13.0. The van der Waals surface area contributed by atoms with Crippen molar-refractivity contribution in [2.75, 3.05) is 19.6 Å². The van der Waals surface area contributed by atoms with E-state index in [0.29, 0.717) is 12.4 Å². The Morgan fingerprint density at radius 3 is 2.89 bits per heavy atom. The van der Waals surface area contributed by atoms with Gasteiger partial charge in [-0.05, 0) is 6.92 Å². The Labute approximate surface area is 105 Å².